The highest BCUT2D eigenvalue weighted by Gasteiger charge is 2.33. The second kappa shape index (κ2) is 10.6. The Morgan fingerprint density at radius 3 is 2.40 bits per heavy atom. The molecule has 0 bridgehead atoms. The van der Waals surface area contributed by atoms with E-state index in [2.05, 4.69) is 17.0 Å². The molecule has 2 saturated heterocycles. The Labute approximate surface area is 207 Å². The van der Waals surface area contributed by atoms with Crippen LogP contribution in [0.2, 0.25) is 0 Å². The lowest BCUT2D eigenvalue weighted by atomic mass is 10.0. The summed E-state index contributed by atoms with van der Waals surface area (Å²) in [6.45, 7) is 4.06. The van der Waals surface area contributed by atoms with Crippen molar-refractivity contribution >= 4 is 15.9 Å². The minimum Gasteiger partial charge on any atom is -0.490 e. The van der Waals surface area contributed by atoms with Crippen LogP contribution in [0, 0.1) is 0 Å². The topological polar surface area (TPSA) is 79.4 Å². The van der Waals surface area contributed by atoms with Gasteiger partial charge in [-0.25, -0.2) is 8.42 Å². The Morgan fingerprint density at radius 1 is 0.886 bits per heavy atom. The second-order valence-corrected chi connectivity index (χ2v) is 11.4. The molecule has 188 valence electrons. The van der Waals surface area contributed by atoms with Gasteiger partial charge < -0.3 is 14.4 Å². The van der Waals surface area contributed by atoms with Crippen molar-refractivity contribution in [2.45, 2.75) is 31.1 Å². The summed E-state index contributed by atoms with van der Waals surface area (Å²) >= 11 is 0. The van der Waals surface area contributed by atoms with Gasteiger partial charge in [0.2, 0.25) is 15.9 Å². The van der Waals surface area contributed by atoms with E-state index >= 15 is 0 Å². The Bertz CT molecular complexity index is 1130. The maximum atomic E-state index is 13.1. The number of nitrogens with zero attached hydrogens (tertiary/aromatic N) is 3. The van der Waals surface area contributed by atoms with E-state index in [4.69, 9.17) is 9.47 Å². The van der Waals surface area contributed by atoms with Gasteiger partial charge in [0.1, 0.15) is 0 Å². The highest BCUT2D eigenvalue weighted by Crippen LogP contribution is 2.37. The largest absolute Gasteiger partial charge is 0.490 e. The van der Waals surface area contributed by atoms with Crippen LogP contribution < -0.4 is 9.47 Å². The summed E-state index contributed by atoms with van der Waals surface area (Å²) in [4.78, 5) is 17.2. The third-order valence-corrected chi connectivity index (χ3v) is 8.89. The van der Waals surface area contributed by atoms with Crippen molar-refractivity contribution in [3.05, 3.63) is 59.7 Å². The number of benzene rings is 2. The number of ether oxygens (including phenoxy) is 2. The van der Waals surface area contributed by atoms with Crippen LogP contribution in [0.5, 0.6) is 11.5 Å². The molecule has 2 fully saturated rings. The third kappa shape index (κ3) is 5.63. The van der Waals surface area contributed by atoms with Crippen molar-refractivity contribution in [2.75, 3.05) is 52.5 Å². The molecule has 0 aliphatic carbocycles. The molecule has 1 atom stereocenters. The summed E-state index contributed by atoms with van der Waals surface area (Å²) in [5.74, 6) is 1.62. The van der Waals surface area contributed by atoms with Crippen molar-refractivity contribution in [3.63, 3.8) is 0 Å². The van der Waals surface area contributed by atoms with Gasteiger partial charge in [0.15, 0.2) is 11.5 Å². The monoisotopic (exact) mass is 499 g/mol. The van der Waals surface area contributed by atoms with Gasteiger partial charge in [-0.05, 0) is 42.6 Å². The first-order valence-corrected chi connectivity index (χ1v) is 14.0. The molecule has 2 aromatic rings. The van der Waals surface area contributed by atoms with E-state index < -0.39 is 10.0 Å². The van der Waals surface area contributed by atoms with Crippen LogP contribution in [0.25, 0.3) is 0 Å². The zero-order valence-electron chi connectivity index (χ0n) is 20.0. The number of hydrogen-bond donors (Lipinski definition) is 0. The maximum Gasteiger partial charge on any atom is 0.236 e. The number of likely N-dealkylation sites (tertiary alicyclic amines) is 1. The molecule has 0 aromatic heterocycles. The number of sulfonamides is 1. The first-order valence-electron chi connectivity index (χ1n) is 12.4. The van der Waals surface area contributed by atoms with E-state index in [1.165, 1.54) is 4.31 Å². The summed E-state index contributed by atoms with van der Waals surface area (Å²) in [5, 5.41) is 0. The standard InChI is InChI=1S/C26H33N3O5S/c30-26(27-12-14-29(15-13-27)35(31,32)20-21-6-2-1-3-7-21)19-28-11-4-8-23(28)22-9-10-24-25(18-22)34-17-5-16-33-24/h1-3,6-7,9-10,18,23H,4-5,8,11-17,19-20H2/t23-/m0/s1. The average molecular weight is 500 g/mol. The van der Waals surface area contributed by atoms with Gasteiger partial charge in [0, 0.05) is 38.6 Å². The van der Waals surface area contributed by atoms with E-state index in [9.17, 15) is 13.2 Å². The van der Waals surface area contributed by atoms with E-state index in [0.29, 0.717) is 45.9 Å². The van der Waals surface area contributed by atoms with Gasteiger partial charge in [-0.2, -0.15) is 4.31 Å². The van der Waals surface area contributed by atoms with Crippen LogP contribution in [-0.4, -0.2) is 80.9 Å². The minimum atomic E-state index is -3.40. The molecule has 3 heterocycles. The Kier molecular flexibility index (Phi) is 7.27. The van der Waals surface area contributed by atoms with Crippen LogP contribution in [0.3, 0.4) is 0 Å². The highest BCUT2D eigenvalue weighted by atomic mass is 32.2. The van der Waals surface area contributed by atoms with Gasteiger partial charge in [0.05, 0.1) is 25.5 Å². The van der Waals surface area contributed by atoms with E-state index in [1.54, 1.807) is 4.90 Å². The number of carbonyl (C=O) groups is 1. The van der Waals surface area contributed by atoms with Gasteiger partial charge in [-0.15, -0.1) is 0 Å². The Hall–Kier alpha value is -2.62. The fourth-order valence-corrected chi connectivity index (χ4v) is 6.66. The number of hydrogen-bond acceptors (Lipinski definition) is 6. The quantitative estimate of drug-likeness (QED) is 0.608. The predicted octanol–water partition coefficient (Wildman–Crippen LogP) is 2.66. The summed E-state index contributed by atoms with van der Waals surface area (Å²) in [7, 11) is -3.40. The van der Waals surface area contributed by atoms with Crippen molar-refractivity contribution in [1.82, 2.24) is 14.1 Å². The predicted molar refractivity (Wildman–Crippen MR) is 133 cm³/mol. The molecule has 0 spiro atoms. The van der Waals surface area contributed by atoms with Crippen LogP contribution in [0.1, 0.15) is 36.4 Å². The fourth-order valence-electron chi connectivity index (χ4n) is 5.15. The summed E-state index contributed by atoms with van der Waals surface area (Å²) in [6.07, 6.45) is 2.91. The fraction of sp³-hybridized carbons (Fsp3) is 0.500. The highest BCUT2D eigenvalue weighted by molar-refractivity contribution is 7.88. The zero-order chi connectivity index (χ0) is 24.3. The number of carbonyl (C=O) groups excluding carboxylic acids is 1. The minimum absolute atomic E-state index is 0.00717. The summed E-state index contributed by atoms with van der Waals surface area (Å²) in [6, 6.07) is 15.5. The molecule has 3 aliphatic heterocycles. The van der Waals surface area contributed by atoms with Crippen LogP contribution in [0.15, 0.2) is 48.5 Å². The second-order valence-electron chi connectivity index (χ2n) is 9.41. The normalized spacial score (nSPS) is 21.6. The number of piperazine rings is 1. The molecule has 3 aliphatic rings. The molecule has 2 aromatic carbocycles. The Morgan fingerprint density at radius 2 is 1.63 bits per heavy atom. The number of rotatable bonds is 6. The molecular formula is C26H33N3O5S. The van der Waals surface area contributed by atoms with Crippen molar-refractivity contribution in [2.24, 2.45) is 0 Å². The lowest BCUT2D eigenvalue weighted by Gasteiger charge is -2.35. The van der Waals surface area contributed by atoms with Crippen molar-refractivity contribution in [1.29, 1.82) is 0 Å². The molecule has 0 N–H and O–H groups in total. The van der Waals surface area contributed by atoms with E-state index in [0.717, 1.165) is 48.4 Å². The molecule has 9 heteroatoms. The first kappa shape index (κ1) is 24.1. The molecule has 0 radical (unpaired) electrons. The molecule has 8 nitrogen and oxygen atoms in total. The van der Waals surface area contributed by atoms with Crippen LogP contribution >= 0.6 is 0 Å². The first-order chi connectivity index (χ1) is 17.0. The van der Waals surface area contributed by atoms with E-state index in [1.807, 2.05) is 36.4 Å². The summed E-state index contributed by atoms with van der Waals surface area (Å²) < 4.78 is 38.8. The van der Waals surface area contributed by atoms with Crippen molar-refractivity contribution < 1.29 is 22.7 Å². The van der Waals surface area contributed by atoms with E-state index in [-0.39, 0.29) is 17.7 Å². The zero-order valence-corrected chi connectivity index (χ0v) is 20.8. The maximum absolute atomic E-state index is 13.1. The molecule has 0 saturated carbocycles. The molecule has 1 amide bonds. The molecule has 5 rings (SSSR count). The molecule has 35 heavy (non-hydrogen) atoms. The third-order valence-electron chi connectivity index (χ3n) is 7.03. The van der Waals surface area contributed by atoms with Crippen molar-refractivity contribution in [3.8, 4) is 11.5 Å². The van der Waals surface area contributed by atoms with Crippen LogP contribution in [0.4, 0.5) is 0 Å². The van der Waals surface area contributed by atoms with Gasteiger partial charge >= 0.3 is 0 Å². The van der Waals surface area contributed by atoms with Gasteiger partial charge in [-0.3, -0.25) is 9.69 Å². The summed E-state index contributed by atoms with van der Waals surface area (Å²) in [5.41, 5.74) is 1.93. The lowest BCUT2D eigenvalue weighted by molar-refractivity contribution is -0.133. The van der Waals surface area contributed by atoms with Gasteiger partial charge in [0.25, 0.3) is 0 Å². The molecule has 0 unspecified atom stereocenters. The Balaban J connectivity index is 1.17. The van der Waals surface area contributed by atoms with Gasteiger partial charge in [-0.1, -0.05) is 36.4 Å². The number of amides is 1. The smallest absolute Gasteiger partial charge is 0.236 e. The molecular weight excluding hydrogens is 466 g/mol. The van der Waals surface area contributed by atoms with Crippen LogP contribution in [-0.2, 0) is 20.6 Å². The lowest BCUT2D eigenvalue weighted by Crippen LogP contribution is -2.52. The SMILES string of the molecule is O=C(CN1CCC[C@H]1c1ccc2c(c1)OCCCO2)N1CCN(S(=O)(=O)Cc2ccccc2)CC1. The number of fused-ring (bicyclic) bond motifs is 1. The average Bonchev–Trinajstić information content (AvgIpc) is 3.19.